The van der Waals surface area contributed by atoms with Gasteiger partial charge in [-0.15, -0.1) is 0 Å². The summed E-state index contributed by atoms with van der Waals surface area (Å²) in [6.45, 7) is 0. The summed E-state index contributed by atoms with van der Waals surface area (Å²) >= 11 is 0. The van der Waals surface area contributed by atoms with Crippen LogP contribution in [0.1, 0.15) is 11.5 Å². The molecule has 0 radical (unpaired) electrons. The lowest BCUT2D eigenvalue weighted by Crippen LogP contribution is -1.96. The fraction of sp³-hybridized carbons (Fsp3) is 0.0870. The molecule has 0 fully saturated rings. The number of oxazole rings is 1. The van der Waals surface area contributed by atoms with Crippen molar-refractivity contribution in [1.82, 2.24) is 4.98 Å². The predicted octanol–water partition coefficient (Wildman–Crippen LogP) is 5.14. The topological polar surface area (TPSA) is 60.2 Å². The minimum absolute atomic E-state index is 0.224. The summed E-state index contributed by atoms with van der Waals surface area (Å²) in [7, 11) is -3.30. The highest BCUT2D eigenvalue weighted by Gasteiger charge is 2.18. The highest BCUT2D eigenvalue weighted by atomic mass is 32.2. The molecule has 146 valence electrons. The van der Waals surface area contributed by atoms with Crippen LogP contribution >= 0.6 is 0 Å². The van der Waals surface area contributed by atoms with Crippen molar-refractivity contribution in [2.75, 3.05) is 6.26 Å². The van der Waals surface area contributed by atoms with Crippen LogP contribution < -0.4 is 0 Å². The highest BCUT2D eigenvalue weighted by Crippen LogP contribution is 2.34. The van der Waals surface area contributed by atoms with Crippen LogP contribution in [0.4, 0.5) is 4.39 Å². The van der Waals surface area contributed by atoms with Crippen LogP contribution in [0.2, 0.25) is 0 Å². The molecule has 0 saturated carbocycles. The van der Waals surface area contributed by atoms with Gasteiger partial charge in [-0.3, -0.25) is 0 Å². The molecule has 0 atom stereocenters. The molecular formula is C23H18FNO3S. The van der Waals surface area contributed by atoms with Gasteiger partial charge < -0.3 is 4.42 Å². The predicted molar refractivity (Wildman–Crippen MR) is 110 cm³/mol. The van der Waals surface area contributed by atoms with Crippen molar-refractivity contribution in [2.45, 2.75) is 11.3 Å². The number of hydrogen-bond acceptors (Lipinski definition) is 4. The zero-order valence-corrected chi connectivity index (χ0v) is 16.5. The number of hydrogen-bond donors (Lipinski definition) is 0. The first-order valence-corrected chi connectivity index (χ1v) is 10.9. The Morgan fingerprint density at radius 3 is 2.28 bits per heavy atom. The van der Waals surface area contributed by atoms with Gasteiger partial charge in [0.15, 0.2) is 21.5 Å². The number of sulfone groups is 1. The van der Waals surface area contributed by atoms with Gasteiger partial charge in [0.2, 0.25) is 0 Å². The van der Waals surface area contributed by atoms with E-state index < -0.39 is 9.84 Å². The van der Waals surface area contributed by atoms with Crippen LogP contribution in [-0.2, 0) is 16.3 Å². The van der Waals surface area contributed by atoms with Crippen LogP contribution in [0.15, 0.2) is 88.2 Å². The quantitative estimate of drug-likeness (QED) is 0.459. The lowest BCUT2D eigenvalue weighted by molar-refractivity contribution is 0.518. The molecule has 4 rings (SSSR count). The van der Waals surface area contributed by atoms with Crippen LogP contribution in [0.3, 0.4) is 0 Å². The van der Waals surface area contributed by atoms with Gasteiger partial charge in [-0.2, -0.15) is 0 Å². The molecule has 0 amide bonds. The van der Waals surface area contributed by atoms with Gasteiger partial charge in [-0.05, 0) is 29.8 Å². The molecule has 6 heteroatoms. The third-order valence-corrected chi connectivity index (χ3v) is 5.64. The highest BCUT2D eigenvalue weighted by molar-refractivity contribution is 7.90. The van der Waals surface area contributed by atoms with Gasteiger partial charge in [0, 0.05) is 23.8 Å². The average molecular weight is 407 g/mol. The van der Waals surface area contributed by atoms with E-state index in [1.807, 2.05) is 30.3 Å². The normalized spacial score (nSPS) is 11.5. The number of nitrogens with zero attached hydrogens (tertiary/aromatic N) is 1. The fourth-order valence-corrected chi connectivity index (χ4v) is 3.72. The Morgan fingerprint density at radius 1 is 0.897 bits per heavy atom. The molecule has 3 aromatic carbocycles. The van der Waals surface area contributed by atoms with Crippen LogP contribution in [0.5, 0.6) is 0 Å². The minimum Gasteiger partial charge on any atom is -0.440 e. The van der Waals surface area contributed by atoms with Gasteiger partial charge in [0.05, 0.1) is 4.90 Å². The van der Waals surface area contributed by atoms with Crippen LogP contribution in [0, 0.1) is 5.82 Å². The third-order valence-electron chi connectivity index (χ3n) is 4.51. The van der Waals surface area contributed by atoms with E-state index in [0.717, 1.165) is 11.8 Å². The van der Waals surface area contributed by atoms with Gasteiger partial charge in [-0.1, -0.05) is 54.6 Å². The van der Waals surface area contributed by atoms with Crippen molar-refractivity contribution in [3.8, 4) is 22.6 Å². The standard InChI is InChI=1S/C23H18FNO3S/c1-29(26,27)20-12-10-17(11-13-20)22-23(18-8-5-9-19(24)15-18)28-21(25-22)14-16-6-3-2-4-7-16/h2-13,15H,14H2,1H3. The lowest BCUT2D eigenvalue weighted by atomic mass is 10.1. The van der Waals surface area contributed by atoms with E-state index in [2.05, 4.69) is 4.98 Å². The van der Waals surface area contributed by atoms with Crippen LogP contribution in [-0.4, -0.2) is 19.7 Å². The first-order valence-electron chi connectivity index (χ1n) is 9.00. The van der Waals surface area contributed by atoms with E-state index in [1.165, 1.54) is 24.3 Å². The smallest absolute Gasteiger partial charge is 0.199 e. The average Bonchev–Trinajstić information content (AvgIpc) is 3.12. The van der Waals surface area contributed by atoms with Crippen molar-refractivity contribution >= 4 is 9.84 Å². The third kappa shape index (κ3) is 4.27. The van der Waals surface area contributed by atoms with Crippen molar-refractivity contribution in [1.29, 1.82) is 0 Å². The molecule has 0 aliphatic heterocycles. The van der Waals surface area contributed by atoms with Crippen molar-refractivity contribution in [2.24, 2.45) is 0 Å². The Kier molecular flexibility index (Phi) is 5.03. The van der Waals surface area contributed by atoms with Gasteiger partial charge in [0.1, 0.15) is 11.5 Å². The zero-order chi connectivity index (χ0) is 20.4. The number of halogens is 1. The Morgan fingerprint density at radius 2 is 1.62 bits per heavy atom. The largest absolute Gasteiger partial charge is 0.440 e. The van der Waals surface area contributed by atoms with Crippen molar-refractivity contribution in [3.05, 3.63) is 96.1 Å². The minimum atomic E-state index is -3.30. The molecule has 1 aromatic heterocycles. The summed E-state index contributed by atoms with van der Waals surface area (Å²) in [5.74, 6) is 0.571. The van der Waals surface area contributed by atoms with E-state index >= 15 is 0 Å². The lowest BCUT2D eigenvalue weighted by Gasteiger charge is -2.03. The molecule has 0 spiro atoms. The molecule has 0 bridgehead atoms. The van der Waals surface area contributed by atoms with Gasteiger partial charge in [0.25, 0.3) is 0 Å². The molecule has 0 N–H and O–H groups in total. The summed E-state index contributed by atoms with van der Waals surface area (Å²) in [4.78, 5) is 4.86. The van der Waals surface area contributed by atoms with Gasteiger partial charge >= 0.3 is 0 Å². The summed E-state index contributed by atoms with van der Waals surface area (Å²) in [6.07, 6.45) is 1.65. The Balaban J connectivity index is 1.80. The second-order valence-electron chi connectivity index (χ2n) is 6.75. The Bertz CT molecular complexity index is 1250. The monoisotopic (exact) mass is 407 g/mol. The van der Waals surface area contributed by atoms with E-state index in [1.54, 1.807) is 24.3 Å². The van der Waals surface area contributed by atoms with E-state index in [4.69, 9.17) is 4.42 Å². The summed E-state index contributed by atoms with van der Waals surface area (Å²) < 4.78 is 43.3. The maximum Gasteiger partial charge on any atom is 0.199 e. The molecule has 4 aromatic rings. The first-order chi connectivity index (χ1) is 13.9. The molecule has 1 heterocycles. The van der Waals surface area contributed by atoms with E-state index in [9.17, 15) is 12.8 Å². The van der Waals surface area contributed by atoms with Crippen LogP contribution in [0.25, 0.3) is 22.6 Å². The zero-order valence-electron chi connectivity index (χ0n) is 15.7. The summed E-state index contributed by atoms with van der Waals surface area (Å²) in [5, 5.41) is 0. The fourth-order valence-electron chi connectivity index (χ4n) is 3.09. The van der Waals surface area contributed by atoms with E-state index in [0.29, 0.717) is 34.9 Å². The molecule has 29 heavy (non-hydrogen) atoms. The Labute approximate surface area is 168 Å². The molecule has 4 nitrogen and oxygen atoms in total. The van der Waals surface area contributed by atoms with E-state index in [-0.39, 0.29) is 10.7 Å². The Hall–Kier alpha value is -3.25. The first kappa shape index (κ1) is 19.1. The van der Waals surface area contributed by atoms with Gasteiger partial charge in [-0.25, -0.2) is 17.8 Å². The number of rotatable bonds is 5. The second-order valence-corrected chi connectivity index (χ2v) is 8.77. The number of aromatic nitrogens is 1. The maximum atomic E-state index is 13.8. The molecule has 0 aliphatic carbocycles. The number of benzene rings is 3. The second kappa shape index (κ2) is 7.64. The molecule has 0 unspecified atom stereocenters. The molecule has 0 aliphatic rings. The summed E-state index contributed by atoms with van der Waals surface area (Å²) in [5.41, 5.74) is 2.85. The summed E-state index contributed by atoms with van der Waals surface area (Å²) in [6, 6.07) is 22.3. The van der Waals surface area contributed by atoms with Crippen molar-refractivity contribution < 1.29 is 17.2 Å². The maximum absolute atomic E-state index is 13.8. The van der Waals surface area contributed by atoms with Crippen molar-refractivity contribution in [3.63, 3.8) is 0 Å². The SMILES string of the molecule is CS(=O)(=O)c1ccc(-c2nc(Cc3ccccc3)oc2-c2cccc(F)c2)cc1. The molecular weight excluding hydrogens is 389 g/mol. The molecule has 0 saturated heterocycles.